The second-order valence-corrected chi connectivity index (χ2v) is 5.79. The molecule has 0 aromatic carbocycles. The summed E-state index contributed by atoms with van der Waals surface area (Å²) in [5, 5.41) is 9.98. The first-order valence-corrected chi connectivity index (χ1v) is 7.53. The number of carbonyl (C=O) groups is 1. The Labute approximate surface area is 131 Å². The monoisotopic (exact) mass is 304 g/mol. The van der Waals surface area contributed by atoms with Crippen LogP contribution in [0.1, 0.15) is 69.5 Å². The lowest BCUT2D eigenvalue weighted by Gasteiger charge is -2.07. The third-order valence-corrected chi connectivity index (χ3v) is 3.37. The Bertz CT molecular complexity index is 660. The maximum atomic E-state index is 12.3. The summed E-state index contributed by atoms with van der Waals surface area (Å²) < 4.78 is 5.11. The zero-order valence-electron chi connectivity index (χ0n) is 13.9. The fraction of sp³-hybridized carbons (Fsp3) is 0.444. The predicted octanol–water partition coefficient (Wildman–Crippen LogP) is 4.34. The molecule has 0 radical (unpaired) electrons. The van der Waals surface area contributed by atoms with Crippen molar-refractivity contribution in [3.05, 3.63) is 51.1 Å². The van der Waals surface area contributed by atoms with Crippen LogP contribution >= 0.6 is 0 Å². The summed E-state index contributed by atoms with van der Waals surface area (Å²) in [7, 11) is 0. The Kier molecular flexibility index (Phi) is 6.35. The van der Waals surface area contributed by atoms with Gasteiger partial charge in [-0.3, -0.25) is 4.79 Å². The second kappa shape index (κ2) is 7.78. The molecular weight excluding hydrogens is 280 g/mol. The van der Waals surface area contributed by atoms with Gasteiger partial charge in [-0.05, 0) is 25.8 Å². The predicted molar refractivity (Wildman–Crippen MR) is 87.5 cm³/mol. The second-order valence-electron chi connectivity index (χ2n) is 5.79. The van der Waals surface area contributed by atoms with Crippen molar-refractivity contribution in [1.29, 1.82) is 0 Å². The van der Waals surface area contributed by atoms with E-state index >= 15 is 0 Å². The van der Waals surface area contributed by atoms with E-state index in [1.165, 1.54) is 6.07 Å². The topological polar surface area (TPSA) is 67.5 Å². The maximum absolute atomic E-state index is 12.3. The lowest BCUT2D eigenvalue weighted by atomic mass is 10.0. The highest BCUT2D eigenvalue weighted by atomic mass is 16.4. The Balaban J connectivity index is 3.16. The number of allylic oxidation sites excluding steroid dienone is 4. The molecule has 4 nitrogen and oxygen atoms in total. The average molecular weight is 304 g/mol. The summed E-state index contributed by atoms with van der Waals surface area (Å²) in [4.78, 5) is 24.3. The third kappa shape index (κ3) is 4.45. The summed E-state index contributed by atoms with van der Waals surface area (Å²) in [5.74, 6) is -0.521. The first-order chi connectivity index (χ1) is 10.3. The van der Waals surface area contributed by atoms with Gasteiger partial charge in [0.1, 0.15) is 17.1 Å². The van der Waals surface area contributed by atoms with Gasteiger partial charge in [0.2, 0.25) is 0 Å². The summed E-state index contributed by atoms with van der Waals surface area (Å²) in [6.45, 7) is 9.37. The van der Waals surface area contributed by atoms with Gasteiger partial charge in [-0.1, -0.05) is 44.9 Å². The SMILES string of the molecule is CCC/C(C)=C/C=C(\C)C(=O)c1c(O)cc(C(C)C)oc1=O. The summed E-state index contributed by atoms with van der Waals surface area (Å²) in [6.07, 6.45) is 5.51. The molecule has 0 saturated carbocycles. The Hall–Kier alpha value is -2.10. The van der Waals surface area contributed by atoms with Crippen molar-refractivity contribution < 1.29 is 14.3 Å². The molecule has 0 amide bonds. The van der Waals surface area contributed by atoms with Crippen LogP contribution in [0, 0.1) is 0 Å². The average Bonchev–Trinajstić information content (AvgIpc) is 2.43. The van der Waals surface area contributed by atoms with Gasteiger partial charge in [-0.25, -0.2) is 4.79 Å². The highest BCUT2D eigenvalue weighted by molar-refractivity contribution is 6.09. The van der Waals surface area contributed by atoms with Gasteiger partial charge in [0.25, 0.3) is 0 Å². The molecule has 0 bridgehead atoms. The minimum Gasteiger partial charge on any atom is -0.507 e. The number of rotatable bonds is 6. The minimum absolute atomic E-state index is 0.0426. The van der Waals surface area contributed by atoms with Gasteiger partial charge in [0.05, 0.1) is 0 Å². The van der Waals surface area contributed by atoms with Gasteiger partial charge >= 0.3 is 5.63 Å². The largest absolute Gasteiger partial charge is 0.507 e. The number of ketones is 1. The smallest absolute Gasteiger partial charge is 0.351 e. The third-order valence-electron chi connectivity index (χ3n) is 3.37. The van der Waals surface area contributed by atoms with Crippen LogP contribution in [-0.2, 0) is 0 Å². The van der Waals surface area contributed by atoms with Crippen molar-refractivity contribution in [3.63, 3.8) is 0 Å². The minimum atomic E-state index is -0.796. The number of Topliss-reactive ketones (excluding diaryl/α,β-unsaturated/α-hetero) is 1. The quantitative estimate of drug-likeness (QED) is 0.482. The standard InChI is InChI=1S/C18H24O4/c1-6-7-12(4)8-9-13(5)17(20)16-14(19)10-15(11(2)3)22-18(16)21/h8-11,19H,6-7H2,1-5H3/b12-8+,13-9+. The molecule has 0 spiro atoms. The van der Waals surface area contributed by atoms with E-state index in [9.17, 15) is 14.7 Å². The van der Waals surface area contributed by atoms with Gasteiger partial charge in [-0.2, -0.15) is 0 Å². The Morgan fingerprint density at radius 2 is 1.95 bits per heavy atom. The maximum Gasteiger partial charge on any atom is 0.351 e. The lowest BCUT2D eigenvalue weighted by molar-refractivity contribution is 0.102. The van der Waals surface area contributed by atoms with E-state index in [-0.39, 0.29) is 17.2 Å². The summed E-state index contributed by atoms with van der Waals surface area (Å²) in [5.41, 5.74) is 0.437. The van der Waals surface area contributed by atoms with Crippen molar-refractivity contribution in [1.82, 2.24) is 0 Å². The molecule has 22 heavy (non-hydrogen) atoms. The van der Waals surface area contributed by atoms with Crippen molar-refractivity contribution in [2.24, 2.45) is 0 Å². The van der Waals surface area contributed by atoms with Crippen LogP contribution in [0.15, 0.2) is 38.6 Å². The van der Waals surface area contributed by atoms with E-state index in [0.717, 1.165) is 18.4 Å². The number of hydrogen-bond donors (Lipinski definition) is 1. The fourth-order valence-corrected chi connectivity index (χ4v) is 2.01. The molecule has 4 heteroatoms. The summed E-state index contributed by atoms with van der Waals surface area (Å²) >= 11 is 0. The highest BCUT2D eigenvalue weighted by Gasteiger charge is 2.20. The molecule has 0 saturated heterocycles. The van der Waals surface area contributed by atoms with E-state index in [1.54, 1.807) is 13.0 Å². The van der Waals surface area contributed by atoms with Crippen LogP contribution in [0.2, 0.25) is 0 Å². The molecule has 0 atom stereocenters. The van der Waals surface area contributed by atoms with E-state index in [2.05, 4.69) is 6.92 Å². The molecule has 1 heterocycles. The van der Waals surface area contributed by atoms with E-state index in [4.69, 9.17) is 4.42 Å². The zero-order chi connectivity index (χ0) is 16.9. The van der Waals surface area contributed by atoms with Crippen molar-refractivity contribution in [3.8, 4) is 5.75 Å². The van der Waals surface area contributed by atoms with Crippen LogP contribution in [-0.4, -0.2) is 10.9 Å². The zero-order valence-corrected chi connectivity index (χ0v) is 13.9. The molecule has 0 aliphatic carbocycles. The van der Waals surface area contributed by atoms with E-state index in [1.807, 2.05) is 26.8 Å². The normalized spacial score (nSPS) is 12.8. The van der Waals surface area contributed by atoms with Gasteiger partial charge in [-0.15, -0.1) is 0 Å². The van der Waals surface area contributed by atoms with E-state index < -0.39 is 11.4 Å². The molecule has 1 rings (SSSR count). The highest BCUT2D eigenvalue weighted by Crippen LogP contribution is 2.22. The number of aromatic hydroxyl groups is 1. The van der Waals surface area contributed by atoms with Crippen LogP contribution in [0.3, 0.4) is 0 Å². The van der Waals surface area contributed by atoms with Crippen molar-refractivity contribution >= 4 is 5.78 Å². The van der Waals surface area contributed by atoms with Gasteiger partial charge in [0, 0.05) is 12.0 Å². The molecule has 1 aromatic rings. The molecular formula is C18H24O4. The molecule has 0 aliphatic heterocycles. The van der Waals surface area contributed by atoms with Gasteiger partial charge in [0.15, 0.2) is 5.78 Å². The van der Waals surface area contributed by atoms with Crippen molar-refractivity contribution in [2.45, 2.75) is 53.4 Å². The molecule has 0 unspecified atom stereocenters. The van der Waals surface area contributed by atoms with Gasteiger partial charge < -0.3 is 9.52 Å². The first-order valence-electron chi connectivity index (χ1n) is 7.53. The number of carbonyl (C=O) groups excluding carboxylic acids is 1. The van der Waals surface area contributed by atoms with Crippen LogP contribution in [0.5, 0.6) is 5.75 Å². The van der Waals surface area contributed by atoms with Crippen LogP contribution in [0.25, 0.3) is 0 Å². The van der Waals surface area contributed by atoms with E-state index in [0.29, 0.717) is 11.3 Å². The molecule has 120 valence electrons. The summed E-state index contributed by atoms with van der Waals surface area (Å²) in [6, 6.07) is 1.34. The lowest BCUT2D eigenvalue weighted by Crippen LogP contribution is -2.16. The Morgan fingerprint density at radius 3 is 2.45 bits per heavy atom. The van der Waals surface area contributed by atoms with Crippen LogP contribution < -0.4 is 5.63 Å². The fourth-order valence-electron chi connectivity index (χ4n) is 2.01. The molecule has 0 fully saturated rings. The van der Waals surface area contributed by atoms with Crippen LogP contribution in [0.4, 0.5) is 0 Å². The number of hydrogen-bond acceptors (Lipinski definition) is 4. The molecule has 1 N–H and O–H groups in total. The Morgan fingerprint density at radius 1 is 1.32 bits per heavy atom. The first kappa shape index (κ1) is 18.0. The molecule has 0 aliphatic rings. The van der Waals surface area contributed by atoms with Crippen molar-refractivity contribution in [2.75, 3.05) is 0 Å². The molecule has 1 aromatic heterocycles.